The number of rotatable bonds is 28. The number of carbonyl (C=O) groups excluding carboxylic acids is 4. The van der Waals surface area contributed by atoms with Crippen molar-refractivity contribution >= 4 is 62.5 Å². The SMILES string of the molecule is CC(C)CCOc1ccc2ccccc2c1-c1c(OCC(=O)C[C@H](CCCCN)C(=O)N[C@H](CCCN=C(N)N)C(=O)C[C@@H](CC(C)C)C(=O)OCc2ccc(Cl)cc2)ccc2ccccc12. The molecule has 0 aliphatic carbocycles. The molecule has 67 heavy (non-hydrogen) atoms. The summed E-state index contributed by atoms with van der Waals surface area (Å²) in [5.74, 6) is -1.39. The Balaban J connectivity index is 1.37. The molecule has 0 heterocycles. The van der Waals surface area contributed by atoms with Gasteiger partial charge in [-0.2, -0.15) is 0 Å². The van der Waals surface area contributed by atoms with E-state index >= 15 is 0 Å². The van der Waals surface area contributed by atoms with Crippen molar-refractivity contribution in [1.29, 1.82) is 0 Å². The third-order valence-corrected chi connectivity index (χ3v) is 12.0. The van der Waals surface area contributed by atoms with Gasteiger partial charge in [0.1, 0.15) is 24.7 Å². The van der Waals surface area contributed by atoms with Crippen molar-refractivity contribution in [2.24, 2.45) is 45.9 Å². The van der Waals surface area contributed by atoms with Crippen molar-refractivity contribution in [3.8, 4) is 22.6 Å². The summed E-state index contributed by atoms with van der Waals surface area (Å²) in [5.41, 5.74) is 19.4. The number of esters is 1. The predicted molar refractivity (Wildman–Crippen MR) is 269 cm³/mol. The van der Waals surface area contributed by atoms with Crippen molar-refractivity contribution in [2.45, 2.75) is 98.1 Å². The number of hydrogen-bond donors (Lipinski definition) is 4. The van der Waals surface area contributed by atoms with Gasteiger partial charge in [-0.1, -0.05) is 119 Å². The van der Waals surface area contributed by atoms with Gasteiger partial charge in [-0.15, -0.1) is 0 Å². The molecule has 0 saturated carbocycles. The number of ether oxygens (including phenoxy) is 3. The zero-order valence-electron chi connectivity index (χ0n) is 39.4. The molecule has 0 aromatic heterocycles. The third kappa shape index (κ3) is 16.1. The van der Waals surface area contributed by atoms with Crippen LogP contribution in [0.2, 0.25) is 5.02 Å². The highest BCUT2D eigenvalue weighted by Gasteiger charge is 2.32. The molecule has 0 radical (unpaired) electrons. The van der Waals surface area contributed by atoms with Gasteiger partial charge >= 0.3 is 5.97 Å². The zero-order valence-corrected chi connectivity index (χ0v) is 40.2. The van der Waals surface area contributed by atoms with Gasteiger partial charge in [-0.3, -0.25) is 24.2 Å². The number of nitrogens with two attached hydrogens (primary N) is 3. The Labute approximate surface area is 400 Å². The molecule has 0 bridgehead atoms. The van der Waals surface area contributed by atoms with Gasteiger partial charge in [0.2, 0.25) is 5.91 Å². The standard InChI is InChI=1S/C54H68ClN5O7/c1-35(2)26-29-65-48-24-20-38-12-5-7-15-44(38)50(48)51-45-16-8-6-13-39(45)21-25-49(51)66-34-43(61)31-40(14-9-10-27-56)52(63)60-46(17-11-28-59-54(57)58)47(62)32-41(30-36(3)4)53(64)67-33-37-18-22-42(55)23-19-37/h5-8,12-13,15-16,18-25,35-36,40-41,46H,9-11,14,17,26-34,56H2,1-4H3,(H,60,63)(H4,57,58,59)/t40-,41+,46+/m0/s1. The number of guanidine groups is 1. The number of halogens is 1. The first-order chi connectivity index (χ1) is 32.2. The predicted octanol–water partition coefficient (Wildman–Crippen LogP) is 9.72. The monoisotopic (exact) mass is 933 g/mol. The van der Waals surface area contributed by atoms with Crippen LogP contribution in [0.5, 0.6) is 11.5 Å². The first-order valence-corrected chi connectivity index (χ1v) is 23.9. The maximum absolute atomic E-state index is 14.3. The minimum Gasteiger partial charge on any atom is -0.493 e. The van der Waals surface area contributed by atoms with Crippen LogP contribution in [-0.4, -0.2) is 61.7 Å². The first-order valence-electron chi connectivity index (χ1n) is 23.5. The molecule has 0 aliphatic rings. The molecule has 5 aromatic carbocycles. The number of hydrogen-bond acceptors (Lipinski definition) is 9. The summed E-state index contributed by atoms with van der Waals surface area (Å²) in [5, 5.41) is 7.50. The van der Waals surface area contributed by atoms with E-state index in [9.17, 15) is 19.2 Å². The molecule has 0 spiro atoms. The maximum Gasteiger partial charge on any atom is 0.309 e. The van der Waals surface area contributed by atoms with Crippen LogP contribution < -0.4 is 32.0 Å². The number of nitrogens with zero attached hydrogens (tertiary/aromatic N) is 1. The summed E-state index contributed by atoms with van der Waals surface area (Å²) >= 11 is 6.03. The molecule has 0 unspecified atom stereocenters. The fraction of sp³-hybridized carbons (Fsp3) is 0.426. The van der Waals surface area contributed by atoms with Gasteiger partial charge in [0.15, 0.2) is 17.5 Å². The van der Waals surface area contributed by atoms with Crippen molar-refractivity contribution in [2.75, 3.05) is 26.3 Å². The van der Waals surface area contributed by atoms with E-state index in [1.807, 2.05) is 68.4 Å². The van der Waals surface area contributed by atoms with E-state index < -0.39 is 29.8 Å². The minimum absolute atomic E-state index is 0.0267. The Morgan fingerprint density at radius 3 is 1.91 bits per heavy atom. The van der Waals surface area contributed by atoms with E-state index in [4.69, 9.17) is 43.0 Å². The molecule has 12 nitrogen and oxygen atoms in total. The van der Waals surface area contributed by atoms with Crippen LogP contribution in [0.25, 0.3) is 32.7 Å². The van der Waals surface area contributed by atoms with E-state index in [2.05, 4.69) is 42.4 Å². The Morgan fingerprint density at radius 1 is 0.687 bits per heavy atom. The van der Waals surface area contributed by atoms with Crippen molar-refractivity contribution in [3.05, 3.63) is 108 Å². The van der Waals surface area contributed by atoms with Crippen LogP contribution in [0.1, 0.15) is 91.0 Å². The first kappa shape index (κ1) is 52.0. The zero-order chi connectivity index (χ0) is 48.3. The number of unbranched alkanes of at least 4 members (excludes halogenated alkanes) is 1. The number of benzene rings is 5. The quantitative estimate of drug-likeness (QED) is 0.0162. The van der Waals surface area contributed by atoms with Gasteiger partial charge in [0, 0.05) is 41.5 Å². The lowest BCUT2D eigenvalue weighted by atomic mass is 9.89. The number of nitrogens with one attached hydrogen (secondary N) is 1. The molecule has 358 valence electrons. The normalized spacial score (nSPS) is 12.7. The van der Waals surface area contributed by atoms with E-state index in [-0.39, 0.29) is 62.5 Å². The molecule has 0 fully saturated rings. The average Bonchev–Trinajstić information content (AvgIpc) is 3.30. The largest absolute Gasteiger partial charge is 0.493 e. The number of amides is 1. The fourth-order valence-electron chi connectivity index (χ4n) is 8.19. The second-order valence-electron chi connectivity index (χ2n) is 18.1. The van der Waals surface area contributed by atoms with Gasteiger partial charge in [-0.25, -0.2) is 0 Å². The lowest BCUT2D eigenvalue weighted by Crippen LogP contribution is -2.45. The van der Waals surface area contributed by atoms with E-state index in [0.29, 0.717) is 61.9 Å². The van der Waals surface area contributed by atoms with E-state index in [1.54, 1.807) is 24.3 Å². The Kier molecular flexibility index (Phi) is 20.5. The molecule has 5 aromatic rings. The molecule has 5 rings (SSSR count). The molecule has 7 N–H and O–H groups in total. The average molecular weight is 935 g/mol. The van der Waals surface area contributed by atoms with Crippen LogP contribution in [0.4, 0.5) is 0 Å². The molecule has 13 heteroatoms. The van der Waals surface area contributed by atoms with Crippen LogP contribution in [-0.2, 0) is 30.5 Å². The third-order valence-electron chi connectivity index (χ3n) is 11.7. The van der Waals surface area contributed by atoms with E-state index in [1.165, 1.54) is 0 Å². The van der Waals surface area contributed by atoms with Crippen LogP contribution in [0.3, 0.4) is 0 Å². The van der Waals surface area contributed by atoms with Crippen LogP contribution >= 0.6 is 11.6 Å². The van der Waals surface area contributed by atoms with Gasteiger partial charge in [-0.05, 0) is 108 Å². The lowest BCUT2D eigenvalue weighted by Gasteiger charge is -2.24. The van der Waals surface area contributed by atoms with Crippen molar-refractivity contribution in [1.82, 2.24) is 5.32 Å². The highest BCUT2D eigenvalue weighted by molar-refractivity contribution is 6.30. The Morgan fingerprint density at radius 2 is 1.31 bits per heavy atom. The van der Waals surface area contributed by atoms with Crippen molar-refractivity contribution < 1.29 is 33.4 Å². The maximum atomic E-state index is 14.3. The highest BCUT2D eigenvalue weighted by atomic mass is 35.5. The smallest absolute Gasteiger partial charge is 0.309 e. The van der Waals surface area contributed by atoms with Gasteiger partial charge in [0.25, 0.3) is 0 Å². The van der Waals surface area contributed by atoms with Crippen molar-refractivity contribution in [3.63, 3.8) is 0 Å². The molecular formula is C54H68ClN5O7. The van der Waals surface area contributed by atoms with Gasteiger partial charge < -0.3 is 36.7 Å². The Bertz CT molecular complexity index is 2450. The second kappa shape index (κ2) is 26.4. The lowest BCUT2D eigenvalue weighted by molar-refractivity contribution is -0.152. The Hall–Kier alpha value is -5.98. The summed E-state index contributed by atoms with van der Waals surface area (Å²) in [4.78, 5) is 60.1. The number of Topliss-reactive ketones (excluding diaryl/α,β-unsaturated/α-hetero) is 2. The second-order valence-corrected chi connectivity index (χ2v) is 18.5. The molecule has 1 amide bonds. The minimum atomic E-state index is -0.971. The number of fused-ring (bicyclic) bond motifs is 2. The number of ketones is 2. The summed E-state index contributed by atoms with van der Waals surface area (Å²) < 4.78 is 18.6. The molecule has 0 saturated heterocycles. The highest BCUT2D eigenvalue weighted by Crippen LogP contribution is 2.45. The molecule has 3 atom stereocenters. The van der Waals surface area contributed by atoms with Crippen LogP contribution in [0, 0.1) is 23.7 Å². The summed E-state index contributed by atoms with van der Waals surface area (Å²) in [7, 11) is 0. The topological polar surface area (TPSA) is 198 Å². The fourth-order valence-corrected chi connectivity index (χ4v) is 8.32. The van der Waals surface area contributed by atoms with E-state index in [0.717, 1.165) is 50.4 Å². The van der Waals surface area contributed by atoms with Crippen LogP contribution in [0.15, 0.2) is 102 Å². The number of carbonyl (C=O) groups is 4. The summed E-state index contributed by atoms with van der Waals surface area (Å²) in [6, 6.07) is 30.1. The summed E-state index contributed by atoms with van der Waals surface area (Å²) in [6.07, 6.45) is 3.21. The summed E-state index contributed by atoms with van der Waals surface area (Å²) in [6.45, 7) is 9.18. The van der Waals surface area contributed by atoms with Gasteiger partial charge in [0.05, 0.1) is 18.6 Å². The number of aliphatic imine (C=N–C) groups is 1. The molecule has 0 aliphatic heterocycles. The molecular weight excluding hydrogens is 866 g/mol.